The molecule has 2 fully saturated rings. The summed E-state index contributed by atoms with van der Waals surface area (Å²) >= 11 is 12.9. The average Bonchev–Trinajstić information content (AvgIpc) is 3.43. The number of ether oxygens (including phenoxy) is 1. The minimum atomic E-state index is -0.157. The lowest BCUT2D eigenvalue weighted by Crippen LogP contribution is -2.55. The SMILES string of the molecule is COc1ccc(-c2cn(CCCNC(=O)C3CNCCN3)c3ccc(CN4CCN(Cc5c(Cl)cccc5Cl)CC4)cc23)cc1. The predicted molar refractivity (Wildman–Crippen MR) is 183 cm³/mol. The van der Waals surface area contributed by atoms with Gasteiger partial charge in [-0.05, 0) is 53.9 Å². The van der Waals surface area contributed by atoms with Gasteiger partial charge < -0.3 is 25.3 Å². The molecule has 1 aromatic heterocycles. The average molecular weight is 650 g/mol. The van der Waals surface area contributed by atoms with E-state index in [4.69, 9.17) is 27.9 Å². The standard InChI is InChI=1S/C35H42Cl2N6O2/c1-45-27-9-7-26(8-10-27)29-24-43(15-3-12-40-35(44)33-21-38-13-14-39-33)34-11-6-25(20-28(29)34)22-41-16-18-42(19-17-41)23-30-31(36)4-2-5-32(30)37/h2,4-11,20,24,33,38-39H,3,12-19,21-23H2,1H3,(H,40,44). The Bertz CT molecular complexity index is 1570. The smallest absolute Gasteiger partial charge is 0.238 e. The predicted octanol–water partition coefficient (Wildman–Crippen LogP) is 5.01. The summed E-state index contributed by atoms with van der Waals surface area (Å²) < 4.78 is 7.74. The van der Waals surface area contributed by atoms with Gasteiger partial charge in [-0.25, -0.2) is 0 Å². The molecule has 0 aliphatic carbocycles. The third-order valence-corrected chi connectivity index (χ3v) is 9.60. The van der Waals surface area contributed by atoms with Crippen LogP contribution in [0.5, 0.6) is 5.75 Å². The molecule has 45 heavy (non-hydrogen) atoms. The van der Waals surface area contributed by atoms with E-state index in [9.17, 15) is 4.79 Å². The minimum absolute atomic E-state index is 0.0663. The first-order valence-electron chi connectivity index (χ1n) is 15.8. The van der Waals surface area contributed by atoms with Crippen molar-refractivity contribution in [2.45, 2.75) is 32.1 Å². The summed E-state index contributed by atoms with van der Waals surface area (Å²) in [6.07, 6.45) is 3.10. The fourth-order valence-corrected chi connectivity index (χ4v) is 6.84. The molecule has 2 aliphatic heterocycles. The Balaban J connectivity index is 1.13. The first kappa shape index (κ1) is 31.9. The number of hydrogen-bond donors (Lipinski definition) is 3. The Morgan fingerprint density at radius 1 is 0.956 bits per heavy atom. The number of nitrogens with zero attached hydrogens (tertiary/aromatic N) is 3. The maximum absolute atomic E-state index is 12.5. The van der Waals surface area contributed by atoms with E-state index in [1.54, 1.807) is 7.11 Å². The van der Waals surface area contributed by atoms with Crippen LogP contribution in [-0.2, 0) is 24.4 Å². The van der Waals surface area contributed by atoms with Crippen LogP contribution in [0.25, 0.3) is 22.0 Å². The molecule has 2 saturated heterocycles. The van der Waals surface area contributed by atoms with Crippen molar-refractivity contribution in [2.75, 3.05) is 59.5 Å². The number of carbonyl (C=O) groups is 1. The van der Waals surface area contributed by atoms with Crippen molar-refractivity contribution in [2.24, 2.45) is 0 Å². The molecule has 2 aliphatic rings. The Hall–Kier alpha value is -3.11. The number of aromatic nitrogens is 1. The normalized spacial score (nSPS) is 17.9. The molecule has 1 unspecified atom stereocenters. The molecule has 1 atom stereocenters. The quantitative estimate of drug-likeness (QED) is 0.199. The first-order chi connectivity index (χ1) is 22.0. The van der Waals surface area contributed by atoms with E-state index in [2.05, 4.69) is 66.8 Å². The van der Waals surface area contributed by atoms with Gasteiger partial charge in [0.05, 0.1) is 13.2 Å². The number of piperazine rings is 2. The van der Waals surface area contributed by atoms with E-state index in [-0.39, 0.29) is 11.9 Å². The molecule has 8 nitrogen and oxygen atoms in total. The maximum Gasteiger partial charge on any atom is 0.238 e. The van der Waals surface area contributed by atoms with Gasteiger partial charge in [-0.2, -0.15) is 0 Å². The maximum atomic E-state index is 12.5. The Kier molecular flexibility index (Phi) is 10.6. The highest BCUT2D eigenvalue weighted by Gasteiger charge is 2.21. The van der Waals surface area contributed by atoms with Crippen molar-refractivity contribution in [3.63, 3.8) is 0 Å². The van der Waals surface area contributed by atoms with Gasteiger partial charge in [-0.15, -0.1) is 0 Å². The van der Waals surface area contributed by atoms with Gasteiger partial charge in [0.15, 0.2) is 0 Å². The lowest BCUT2D eigenvalue weighted by atomic mass is 10.0. The molecule has 3 N–H and O–H groups in total. The van der Waals surface area contributed by atoms with Crippen molar-refractivity contribution in [3.8, 4) is 16.9 Å². The number of hydrogen-bond acceptors (Lipinski definition) is 6. The third-order valence-electron chi connectivity index (χ3n) is 8.89. The molecule has 0 saturated carbocycles. The third kappa shape index (κ3) is 7.83. The number of benzene rings is 3. The fourth-order valence-electron chi connectivity index (χ4n) is 6.32. The monoisotopic (exact) mass is 648 g/mol. The van der Waals surface area contributed by atoms with Crippen LogP contribution in [-0.4, -0.2) is 85.8 Å². The Morgan fingerprint density at radius 3 is 2.38 bits per heavy atom. The van der Waals surface area contributed by atoms with E-state index >= 15 is 0 Å². The summed E-state index contributed by atoms with van der Waals surface area (Å²) in [5.74, 6) is 0.911. The van der Waals surface area contributed by atoms with Crippen LogP contribution in [0.3, 0.4) is 0 Å². The molecule has 6 rings (SSSR count). The molecule has 0 spiro atoms. The van der Waals surface area contributed by atoms with E-state index in [0.29, 0.717) is 13.1 Å². The van der Waals surface area contributed by atoms with Gasteiger partial charge >= 0.3 is 0 Å². The molecule has 238 valence electrons. The van der Waals surface area contributed by atoms with Crippen LogP contribution >= 0.6 is 23.2 Å². The second kappa shape index (κ2) is 15.0. The van der Waals surface area contributed by atoms with Gasteiger partial charge in [0, 0.05) is 110 Å². The highest BCUT2D eigenvalue weighted by Crippen LogP contribution is 2.33. The van der Waals surface area contributed by atoms with Crippen LogP contribution in [0.2, 0.25) is 10.0 Å². The van der Waals surface area contributed by atoms with Crippen LogP contribution in [0, 0.1) is 0 Å². The highest BCUT2D eigenvalue weighted by molar-refractivity contribution is 6.35. The number of amides is 1. The molecule has 4 aromatic rings. The Morgan fingerprint density at radius 2 is 1.69 bits per heavy atom. The first-order valence-corrected chi connectivity index (χ1v) is 16.6. The fraction of sp³-hybridized carbons (Fsp3) is 0.400. The molecule has 0 radical (unpaired) electrons. The van der Waals surface area contributed by atoms with Gasteiger partial charge in [0.1, 0.15) is 5.75 Å². The topological polar surface area (TPSA) is 73.8 Å². The minimum Gasteiger partial charge on any atom is -0.497 e. The molecule has 10 heteroatoms. The molecule has 3 heterocycles. The Labute approximate surface area is 275 Å². The van der Waals surface area contributed by atoms with Crippen molar-refractivity contribution >= 4 is 40.0 Å². The van der Waals surface area contributed by atoms with Crippen molar-refractivity contribution < 1.29 is 9.53 Å². The molecule has 0 bridgehead atoms. The van der Waals surface area contributed by atoms with Crippen molar-refractivity contribution in [3.05, 3.63) is 88.0 Å². The lowest BCUT2D eigenvalue weighted by molar-refractivity contribution is -0.123. The van der Waals surface area contributed by atoms with Gasteiger partial charge in [-0.3, -0.25) is 14.6 Å². The van der Waals surface area contributed by atoms with E-state index in [0.717, 1.165) is 92.2 Å². The van der Waals surface area contributed by atoms with Gasteiger partial charge in [-0.1, -0.05) is 47.5 Å². The van der Waals surface area contributed by atoms with Crippen molar-refractivity contribution in [1.29, 1.82) is 0 Å². The number of halogens is 2. The second-order valence-electron chi connectivity index (χ2n) is 11.9. The zero-order valence-electron chi connectivity index (χ0n) is 25.8. The lowest BCUT2D eigenvalue weighted by Gasteiger charge is -2.35. The zero-order valence-corrected chi connectivity index (χ0v) is 27.3. The van der Waals surface area contributed by atoms with Crippen LogP contribution in [0.1, 0.15) is 17.5 Å². The highest BCUT2D eigenvalue weighted by atomic mass is 35.5. The summed E-state index contributed by atoms with van der Waals surface area (Å²) in [5.41, 5.74) is 5.88. The number of nitrogens with one attached hydrogen (secondary N) is 3. The molecule has 1 amide bonds. The summed E-state index contributed by atoms with van der Waals surface area (Å²) in [6.45, 7) is 9.46. The summed E-state index contributed by atoms with van der Waals surface area (Å²) in [5, 5.41) is 12.4. The number of carbonyl (C=O) groups excluding carboxylic acids is 1. The molecular weight excluding hydrogens is 607 g/mol. The number of methoxy groups -OCH3 is 1. The van der Waals surface area contributed by atoms with E-state index in [1.807, 2.05) is 30.3 Å². The molecule has 3 aromatic carbocycles. The number of aryl methyl sites for hydroxylation is 1. The second-order valence-corrected chi connectivity index (χ2v) is 12.7. The van der Waals surface area contributed by atoms with E-state index < -0.39 is 0 Å². The number of rotatable bonds is 11. The van der Waals surface area contributed by atoms with Crippen LogP contribution in [0.15, 0.2) is 66.9 Å². The number of fused-ring (bicyclic) bond motifs is 1. The van der Waals surface area contributed by atoms with E-state index in [1.165, 1.54) is 22.0 Å². The zero-order chi connectivity index (χ0) is 31.2. The van der Waals surface area contributed by atoms with Gasteiger partial charge in [0.25, 0.3) is 0 Å². The van der Waals surface area contributed by atoms with Crippen molar-refractivity contribution in [1.82, 2.24) is 30.3 Å². The van der Waals surface area contributed by atoms with Gasteiger partial charge in [0.2, 0.25) is 5.91 Å². The largest absolute Gasteiger partial charge is 0.497 e. The summed E-state index contributed by atoms with van der Waals surface area (Å²) in [7, 11) is 1.69. The summed E-state index contributed by atoms with van der Waals surface area (Å²) in [4.78, 5) is 17.5. The van der Waals surface area contributed by atoms with Crippen LogP contribution < -0.4 is 20.7 Å². The molecular formula is C35H42Cl2N6O2. The van der Waals surface area contributed by atoms with Crippen LogP contribution in [0.4, 0.5) is 0 Å². The summed E-state index contributed by atoms with van der Waals surface area (Å²) in [6, 6.07) is 20.7.